The van der Waals surface area contributed by atoms with Crippen molar-refractivity contribution in [1.82, 2.24) is 0 Å². The Bertz CT molecular complexity index is 490. The number of hydrogen-bond donors (Lipinski definition) is 1. The van der Waals surface area contributed by atoms with Crippen LogP contribution in [0.5, 0.6) is 0 Å². The van der Waals surface area contributed by atoms with Gasteiger partial charge in [-0.2, -0.15) is 0 Å². The lowest BCUT2D eigenvalue weighted by Crippen LogP contribution is -2.56. The van der Waals surface area contributed by atoms with Gasteiger partial charge in [0, 0.05) is 6.42 Å². The third-order valence-corrected chi connectivity index (χ3v) is 7.87. The van der Waals surface area contributed by atoms with Gasteiger partial charge in [-0.1, -0.05) is 52.7 Å². The summed E-state index contributed by atoms with van der Waals surface area (Å²) < 4.78 is 0. The number of aliphatic carboxylic acids is 1. The quantitative estimate of drug-likeness (QED) is 0.624. The Morgan fingerprint density at radius 2 is 1.96 bits per heavy atom. The first kappa shape index (κ1) is 18.5. The first-order chi connectivity index (χ1) is 10.5. The highest BCUT2D eigenvalue weighted by atomic mass is 16.4. The van der Waals surface area contributed by atoms with Crippen molar-refractivity contribution in [2.75, 3.05) is 0 Å². The van der Waals surface area contributed by atoms with Crippen LogP contribution in [-0.4, -0.2) is 11.1 Å². The number of rotatable bonds is 5. The van der Waals surface area contributed by atoms with Gasteiger partial charge in [-0.25, -0.2) is 0 Å². The highest BCUT2D eigenvalue weighted by Gasteiger charge is 2.59. The first-order valence-electron chi connectivity index (χ1n) is 9.42. The molecule has 2 nitrogen and oxygen atoms in total. The van der Waals surface area contributed by atoms with E-state index in [1.807, 2.05) is 0 Å². The third kappa shape index (κ3) is 3.10. The molecule has 0 radical (unpaired) electrons. The normalized spacial score (nSPS) is 37.7. The molecule has 1 unspecified atom stereocenters. The van der Waals surface area contributed by atoms with E-state index in [1.54, 1.807) is 5.57 Å². The maximum Gasteiger partial charge on any atom is 0.303 e. The van der Waals surface area contributed by atoms with Crippen LogP contribution in [0.1, 0.15) is 86.5 Å². The summed E-state index contributed by atoms with van der Waals surface area (Å²) >= 11 is 0. The summed E-state index contributed by atoms with van der Waals surface area (Å²) in [6, 6.07) is 0. The predicted molar refractivity (Wildman–Crippen MR) is 96.4 cm³/mol. The molecule has 0 aromatic carbocycles. The van der Waals surface area contributed by atoms with Crippen molar-refractivity contribution in [2.24, 2.45) is 28.1 Å². The molecule has 0 amide bonds. The zero-order valence-electron chi connectivity index (χ0n) is 16.0. The Labute approximate surface area is 142 Å². The van der Waals surface area contributed by atoms with E-state index < -0.39 is 5.97 Å². The van der Waals surface area contributed by atoms with Gasteiger partial charge in [0.25, 0.3) is 0 Å². The van der Waals surface area contributed by atoms with Crippen LogP contribution in [0.4, 0.5) is 0 Å². The molecule has 2 rings (SSSR count). The van der Waals surface area contributed by atoms with E-state index in [1.165, 1.54) is 25.7 Å². The van der Waals surface area contributed by atoms with Crippen LogP contribution in [0.15, 0.2) is 11.6 Å². The summed E-state index contributed by atoms with van der Waals surface area (Å²) in [6.45, 7) is 14.4. The van der Waals surface area contributed by atoms with Crippen LogP contribution in [0.2, 0.25) is 0 Å². The van der Waals surface area contributed by atoms with E-state index in [0.29, 0.717) is 28.6 Å². The second-order valence-electron chi connectivity index (χ2n) is 9.47. The average molecular weight is 321 g/mol. The summed E-state index contributed by atoms with van der Waals surface area (Å²) in [5.74, 6) is 0.217. The minimum absolute atomic E-state index is 0.272. The van der Waals surface area contributed by atoms with Gasteiger partial charge < -0.3 is 5.11 Å². The molecule has 2 heteroatoms. The van der Waals surface area contributed by atoms with E-state index in [4.69, 9.17) is 5.11 Å². The maximum absolute atomic E-state index is 10.9. The van der Waals surface area contributed by atoms with E-state index in [9.17, 15) is 4.79 Å². The summed E-state index contributed by atoms with van der Waals surface area (Å²) in [5.41, 5.74) is 2.61. The van der Waals surface area contributed by atoms with E-state index in [2.05, 4.69) is 47.6 Å². The molecule has 0 aromatic heterocycles. The summed E-state index contributed by atoms with van der Waals surface area (Å²) in [7, 11) is 0. The molecule has 2 aliphatic rings. The van der Waals surface area contributed by atoms with Gasteiger partial charge in [-0.3, -0.25) is 4.79 Å². The second kappa shape index (κ2) is 6.26. The van der Waals surface area contributed by atoms with E-state index >= 15 is 0 Å². The monoisotopic (exact) mass is 320 g/mol. The third-order valence-electron chi connectivity index (χ3n) is 7.87. The lowest BCUT2D eigenvalue weighted by atomic mass is 9.40. The number of hydrogen-bond acceptors (Lipinski definition) is 1. The Morgan fingerprint density at radius 1 is 1.30 bits per heavy atom. The molecule has 4 atom stereocenters. The number of allylic oxidation sites excluding steroid dienone is 2. The topological polar surface area (TPSA) is 37.3 Å². The van der Waals surface area contributed by atoms with E-state index in [-0.39, 0.29) is 5.92 Å². The molecule has 1 saturated carbocycles. The molecule has 0 saturated heterocycles. The average Bonchev–Trinajstić information content (AvgIpc) is 2.41. The van der Waals surface area contributed by atoms with Crippen molar-refractivity contribution in [3.8, 4) is 0 Å². The molecule has 2 aliphatic carbocycles. The molecule has 1 N–H and O–H groups in total. The van der Waals surface area contributed by atoms with Gasteiger partial charge in [0.15, 0.2) is 0 Å². The number of carboxylic acids is 1. The molecule has 0 bridgehead atoms. The van der Waals surface area contributed by atoms with Gasteiger partial charge >= 0.3 is 5.97 Å². The number of carbonyl (C=O) groups is 1. The molecule has 0 aliphatic heterocycles. The zero-order valence-corrected chi connectivity index (χ0v) is 16.0. The van der Waals surface area contributed by atoms with Crippen LogP contribution in [0.3, 0.4) is 0 Å². The molecule has 0 spiro atoms. The lowest BCUT2D eigenvalue weighted by Gasteiger charge is -2.64. The summed E-state index contributed by atoms with van der Waals surface area (Å²) in [5, 5.41) is 9.01. The molecule has 132 valence electrons. The summed E-state index contributed by atoms with van der Waals surface area (Å²) in [4.78, 5) is 10.9. The predicted octanol–water partition coefficient (Wildman–Crippen LogP) is 6.07. The standard InChI is InChI=1S/C21H36O2/c1-15(14-18(22)23)8-9-17-16(2)10-13-21(6)19(3,4)11-7-12-20(17,21)5/h10,15,17H,7-9,11-14H2,1-6H3,(H,22,23)/t15?,17-,20+,21-/m0/s1. The molecular formula is C21H36O2. The Balaban J connectivity index is 2.23. The maximum atomic E-state index is 10.9. The fraction of sp³-hybridized carbons (Fsp3) is 0.857. The van der Waals surface area contributed by atoms with Crippen molar-refractivity contribution in [1.29, 1.82) is 0 Å². The minimum atomic E-state index is -0.664. The minimum Gasteiger partial charge on any atom is -0.481 e. The molecule has 0 aromatic rings. The SMILES string of the molecule is CC1=CC[C@@]2(C)C(C)(C)CCC[C@]2(C)[C@H]1CCC(C)CC(=O)O. The molecule has 0 heterocycles. The van der Waals surface area contributed by atoms with E-state index in [0.717, 1.165) is 12.8 Å². The smallest absolute Gasteiger partial charge is 0.303 e. The zero-order chi connectivity index (χ0) is 17.5. The van der Waals surface area contributed by atoms with Gasteiger partial charge in [-0.15, -0.1) is 0 Å². The Morgan fingerprint density at radius 3 is 2.57 bits per heavy atom. The van der Waals surface area contributed by atoms with Crippen LogP contribution in [-0.2, 0) is 4.79 Å². The highest BCUT2D eigenvalue weighted by molar-refractivity contribution is 5.66. The van der Waals surface area contributed by atoms with Crippen LogP contribution < -0.4 is 0 Å². The fourth-order valence-electron chi connectivity index (χ4n) is 5.70. The fourth-order valence-corrected chi connectivity index (χ4v) is 5.70. The van der Waals surface area contributed by atoms with Gasteiger partial charge in [0.05, 0.1) is 0 Å². The van der Waals surface area contributed by atoms with Crippen molar-refractivity contribution >= 4 is 5.97 Å². The van der Waals surface area contributed by atoms with Crippen molar-refractivity contribution in [2.45, 2.75) is 86.5 Å². The van der Waals surface area contributed by atoms with Crippen LogP contribution in [0.25, 0.3) is 0 Å². The van der Waals surface area contributed by atoms with Gasteiger partial charge in [0.1, 0.15) is 0 Å². The highest BCUT2D eigenvalue weighted by Crippen LogP contribution is 2.67. The van der Waals surface area contributed by atoms with Crippen LogP contribution >= 0.6 is 0 Å². The molecular weight excluding hydrogens is 284 g/mol. The van der Waals surface area contributed by atoms with Crippen molar-refractivity contribution in [3.05, 3.63) is 11.6 Å². The van der Waals surface area contributed by atoms with Gasteiger partial charge in [-0.05, 0) is 67.1 Å². The largest absolute Gasteiger partial charge is 0.481 e. The molecule has 1 fully saturated rings. The number of carboxylic acid groups (broad SMARTS) is 1. The van der Waals surface area contributed by atoms with Crippen molar-refractivity contribution in [3.63, 3.8) is 0 Å². The lowest BCUT2D eigenvalue weighted by molar-refractivity contribution is -0.138. The van der Waals surface area contributed by atoms with Crippen molar-refractivity contribution < 1.29 is 9.90 Å². The Kier molecular flexibility index (Phi) is 5.05. The molecule has 23 heavy (non-hydrogen) atoms. The summed E-state index contributed by atoms with van der Waals surface area (Å²) in [6.07, 6.45) is 10.1. The van der Waals surface area contributed by atoms with Gasteiger partial charge in [0.2, 0.25) is 0 Å². The first-order valence-corrected chi connectivity index (χ1v) is 9.42. The van der Waals surface area contributed by atoms with Crippen LogP contribution in [0, 0.1) is 28.1 Å². The second-order valence-corrected chi connectivity index (χ2v) is 9.47. The Hall–Kier alpha value is -0.790. The number of fused-ring (bicyclic) bond motifs is 1.